The molecule has 0 aromatic heterocycles. The lowest BCUT2D eigenvalue weighted by molar-refractivity contribution is -0.0478. The molecule has 1 heterocycles. The van der Waals surface area contributed by atoms with Gasteiger partial charge in [0.1, 0.15) is 0 Å². The Hall–Kier alpha value is -0.120. The van der Waals surface area contributed by atoms with Gasteiger partial charge < -0.3 is 10.5 Å². The van der Waals surface area contributed by atoms with E-state index in [2.05, 4.69) is 18.7 Å². The molecule has 0 bridgehead atoms. The second-order valence-corrected chi connectivity index (χ2v) is 6.61. The molecule has 1 atom stereocenters. The maximum absolute atomic E-state index is 6.39. The van der Waals surface area contributed by atoms with Gasteiger partial charge in [-0.15, -0.1) is 0 Å². The van der Waals surface area contributed by atoms with Crippen LogP contribution >= 0.6 is 0 Å². The average molecular weight is 254 g/mol. The van der Waals surface area contributed by atoms with Crippen molar-refractivity contribution < 1.29 is 4.74 Å². The fourth-order valence-corrected chi connectivity index (χ4v) is 3.66. The lowest BCUT2D eigenvalue weighted by Gasteiger charge is -2.29. The molecule has 0 aromatic rings. The van der Waals surface area contributed by atoms with E-state index < -0.39 is 0 Å². The molecule has 2 N–H and O–H groups in total. The van der Waals surface area contributed by atoms with Gasteiger partial charge >= 0.3 is 0 Å². The van der Waals surface area contributed by atoms with Gasteiger partial charge in [-0.25, -0.2) is 0 Å². The van der Waals surface area contributed by atoms with Crippen LogP contribution in [0.4, 0.5) is 0 Å². The van der Waals surface area contributed by atoms with Crippen LogP contribution in [-0.4, -0.2) is 42.8 Å². The first kappa shape index (κ1) is 14.3. The molecule has 106 valence electrons. The van der Waals surface area contributed by atoms with Crippen molar-refractivity contribution in [3.05, 3.63) is 0 Å². The van der Waals surface area contributed by atoms with Crippen molar-refractivity contribution in [1.29, 1.82) is 0 Å². The molecule has 3 heteroatoms. The number of rotatable bonds is 6. The van der Waals surface area contributed by atoms with Gasteiger partial charge in [-0.1, -0.05) is 26.7 Å². The van der Waals surface area contributed by atoms with Crippen LogP contribution in [0, 0.1) is 5.92 Å². The van der Waals surface area contributed by atoms with E-state index in [1.807, 2.05) is 0 Å². The van der Waals surface area contributed by atoms with E-state index in [1.165, 1.54) is 38.5 Å². The van der Waals surface area contributed by atoms with E-state index >= 15 is 0 Å². The van der Waals surface area contributed by atoms with Gasteiger partial charge in [-0.3, -0.25) is 4.90 Å². The van der Waals surface area contributed by atoms with E-state index in [4.69, 9.17) is 10.5 Å². The normalized spacial score (nSPS) is 26.8. The van der Waals surface area contributed by atoms with Crippen molar-refractivity contribution in [1.82, 2.24) is 4.90 Å². The second kappa shape index (κ2) is 6.36. The molecule has 18 heavy (non-hydrogen) atoms. The van der Waals surface area contributed by atoms with Crippen molar-refractivity contribution in [3.8, 4) is 0 Å². The van der Waals surface area contributed by atoms with E-state index in [9.17, 15) is 0 Å². The van der Waals surface area contributed by atoms with Crippen molar-refractivity contribution in [2.75, 3.05) is 26.2 Å². The molecule has 1 saturated carbocycles. The summed E-state index contributed by atoms with van der Waals surface area (Å²) in [4.78, 5) is 2.49. The Balaban J connectivity index is 1.80. The number of hydrogen-bond donors (Lipinski definition) is 1. The predicted molar refractivity (Wildman–Crippen MR) is 75.6 cm³/mol. The minimum Gasteiger partial charge on any atom is -0.370 e. The molecule has 0 amide bonds. The average Bonchev–Trinajstić information content (AvgIpc) is 2.90. The molecule has 2 rings (SSSR count). The summed E-state index contributed by atoms with van der Waals surface area (Å²) in [6.07, 6.45) is 8.31. The molecule has 1 aliphatic carbocycles. The highest BCUT2D eigenvalue weighted by molar-refractivity contribution is 4.93. The Morgan fingerprint density at radius 1 is 1.28 bits per heavy atom. The quantitative estimate of drug-likeness (QED) is 0.791. The van der Waals surface area contributed by atoms with Crippen LogP contribution in [0.3, 0.4) is 0 Å². The molecule has 0 aromatic carbocycles. The monoisotopic (exact) mass is 254 g/mol. The molecule has 1 aliphatic heterocycles. The fraction of sp³-hybridized carbons (Fsp3) is 1.00. The second-order valence-electron chi connectivity index (χ2n) is 6.61. The van der Waals surface area contributed by atoms with Crippen molar-refractivity contribution in [2.45, 2.75) is 64.1 Å². The van der Waals surface area contributed by atoms with Crippen LogP contribution < -0.4 is 5.73 Å². The molecule has 1 unspecified atom stereocenters. The third kappa shape index (κ3) is 3.69. The van der Waals surface area contributed by atoms with Crippen molar-refractivity contribution >= 4 is 0 Å². The maximum Gasteiger partial charge on any atom is 0.0710 e. The molecular formula is C15H30N2O. The van der Waals surface area contributed by atoms with Crippen LogP contribution in [-0.2, 0) is 4.74 Å². The maximum atomic E-state index is 6.39. The van der Waals surface area contributed by atoms with Gasteiger partial charge in [-0.05, 0) is 31.6 Å². The summed E-state index contributed by atoms with van der Waals surface area (Å²) < 4.78 is 6.39. The highest BCUT2D eigenvalue weighted by atomic mass is 16.5. The lowest BCUT2D eigenvalue weighted by atomic mass is 9.98. The molecular weight excluding hydrogens is 224 g/mol. The van der Waals surface area contributed by atoms with Gasteiger partial charge in [0.2, 0.25) is 0 Å². The summed E-state index contributed by atoms with van der Waals surface area (Å²) in [5.41, 5.74) is 5.99. The highest BCUT2D eigenvalue weighted by Crippen LogP contribution is 2.43. The standard InChI is InChI=1S/C15H30N2O/c1-13(2)11-17(10-9-16)12-14-5-8-15(18-14)6-3-4-7-15/h13-14H,3-12,16H2,1-2H3. The minimum atomic E-state index is 0.275. The molecule has 1 spiro atoms. The topological polar surface area (TPSA) is 38.5 Å². The van der Waals surface area contributed by atoms with Gasteiger partial charge in [0.15, 0.2) is 0 Å². The molecule has 1 saturated heterocycles. The Kier molecular flexibility index (Phi) is 5.05. The minimum absolute atomic E-state index is 0.275. The summed E-state index contributed by atoms with van der Waals surface area (Å²) in [5.74, 6) is 0.707. The largest absolute Gasteiger partial charge is 0.370 e. The van der Waals surface area contributed by atoms with Crippen molar-refractivity contribution in [3.63, 3.8) is 0 Å². The SMILES string of the molecule is CC(C)CN(CCN)CC1CCC2(CCCC2)O1. The number of hydrogen-bond acceptors (Lipinski definition) is 3. The summed E-state index contributed by atoms with van der Waals surface area (Å²) in [7, 11) is 0. The molecule has 2 aliphatic rings. The van der Waals surface area contributed by atoms with Crippen LogP contribution in [0.1, 0.15) is 52.4 Å². The van der Waals surface area contributed by atoms with Crippen molar-refractivity contribution in [2.24, 2.45) is 11.7 Å². The Bertz CT molecular complexity index is 249. The first-order valence-corrected chi connectivity index (χ1v) is 7.74. The summed E-state index contributed by atoms with van der Waals surface area (Å²) in [6.45, 7) is 8.53. The van der Waals surface area contributed by atoms with Crippen LogP contribution in [0.15, 0.2) is 0 Å². The van der Waals surface area contributed by atoms with E-state index in [0.717, 1.165) is 26.2 Å². The van der Waals surface area contributed by atoms with Gasteiger partial charge in [0, 0.05) is 26.2 Å². The highest BCUT2D eigenvalue weighted by Gasteiger charge is 2.42. The summed E-state index contributed by atoms with van der Waals surface area (Å²) in [5, 5.41) is 0. The zero-order valence-corrected chi connectivity index (χ0v) is 12.2. The Labute approximate surface area is 112 Å². The fourth-order valence-electron chi connectivity index (χ4n) is 3.66. The van der Waals surface area contributed by atoms with Crippen LogP contribution in [0.2, 0.25) is 0 Å². The first-order chi connectivity index (χ1) is 8.63. The zero-order chi connectivity index (χ0) is 13.0. The smallest absolute Gasteiger partial charge is 0.0710 e. The third-order valence-electron chi connectivity index (χ3n) is 4.38. The van der Waals surface area contributed by atoms with E-state index in [1.54, 1.807) is 0 Å². The summed E-state index contributed by atoms with van der Waals surface area (Å²) >= 11 is 0. The number of nitrogens with two attached hydrogens (primary N) is 1. The van der Waals surface area contributed by atoms with Crippen LogP contribution in [0.5, 0.6) is 0 Å². The lowest BCUT2D eigenvalue weighted by Crippen LogP contribution is -2.39. The number of nitrogens with zero attached hydrogens (tertiary/aromatic N) is 1. The third-order valence-corrected chi connectivity index (χ3v) is 4.38. The first-order valence-electron chi connectivity index (χ1n) is 7.74. The Morgan fingerprint density at radius 3 is 2.61 bits per heavy atom. The van der Waals surface area contributed by atoms with Gasteiger partial charge in [0.05, 0.1) is 11.7 Å². The van der Waals surface area contributed by atoms with Gasteiger partial charge in [-0.2, -0.15) is 0 Å². The van der Waals surface area contributed by atoms with E-state index in [0.29, 0.717) is 12.0 Å². The zero-order valence-electron chi connectivity index (χ0n) is 12.2. The molecule has 0 radical (unpaired) electrons. The number of ether oxygens (including phenoxy) is 1. The molecule has 3 nitrogen and oxygen atoms in total. The Morgan fingerprint density at radius 2 is 2.00 bits per heavy atom. The molecule has 2 fully saturated rings. The van der Waals surface area contributed by atoms with Crippen LogP contribution in [0.25, 0.3) is 0 Å². The predicted octanol–water partition coefficient (Wildman–Crippen LogP) is 2.39. The van der Waals surface area contributed by atoms with Gasteiger partial charge in [0.25, 0.3) is 0 Å². The summed E-state index contributed by atoms with van der Waals surface area (Å²) in [6, 6.07) is 0. The van der Waals surface area contributed by atoms with E-state index in [-0.39, 0.29) is 5.60 Å².